The first-order valence-electron chi connectivity index (χ1n) is 8.38. The molecule has 0 aromatic rings. The van der Waals surface area contributed by atoms with Gasteiger partial charge in [-0.3, -0.25) is 10.1 Å². The van der Waals surface area contributed by atoms with Crippen LogP contribution in [0.4, 0.5) is 0 Å². The molecular weight excluding hydrogens is 252 g/mol. The van der Waals surface area contributed by atoms with E-state index in [4.69, 9.17) is 4.74 Å². The minimum atomic E-state index is 0.0400. The Morgan fingerprint density at radius 1 is 1.30 bits per heavy atom. The number of hydrogen-bond donors (Lipinski definition) is 1. The van der Waals surface area contributed by atoms with Crippen LogP contribution in [0.15, 0.2) is 0 Å². The lowest BCUT2D eigenvalue weighted by molar-refractivity contribution is -0.131. The van der Waals surface area contributed by atoms with Crippen molar-refractivity contribution in [3.63, 3.8) is 0 Å². The molecule has 20 heavy (non-hydrogen) atoms. The Labute approximate surface area is 122 Å². The van der Waals surface area contributed by atoms with E-state index in [0.29, 0.717) is 23.8 Å². The fraction of sp³-hybridized carbons (Fsp3) is 0.938. The molecule has 4 atom stereocenters. The first kappa shape index (κ1) is 14.3. The van der Waals surface area contributed by atoms with E-state index >= 15 is 0 Å². The summed E-state index contributed by atoms with van der Waals surface area (Å²) in [6, 6.07) is 0.0400. The van der Waals surface area contributed by atoms with Gasteiger partial charge in [-0.1, -0.05) is 19.8 Å². The number of hydrogen-bond acceptors (Lipinski definition) is 3. The Kier molecular flexibility index (Phi) is 4.32. The van der Waals surface area contributed by atoms with Crippen LogP contribution < -0.4 is 5.32 Å². The molecule has 0 spiro atoms. The third-order valence-electron chi connectivity index (χ3n) is 5.51. The Bertz CT molecular complexity index is 354. The van der Waals surface area contributed by atoms with Gasteiger partial charge in [-0.2, -0.15) is 0 Å². The largest absolute Gasteiger partial charge is 0.378 e. The maximum Gasteiger partial charge on any atom is 0.241 e. The summed E-state index contributed by atoms with van der Waals surface area (Å²) in [5.41, 5.74) is 0. The van der Waals surface area contributed by atoms with Gasteiger partial charge in [-0.25, -0.2) is 0 Å². The van der Waals surface area contributed by atoms with Gasteiger partial charge in [0.1, 0.15) is 0 Å². The second-order valence-electron chi connectivity index (χ2n) is 6.73. The van der Waals surface area contributed by atoms with E-state index in [1.54, 1.807) is 0 Å². The van der Waals surface area contributed by atoms with Gasteiger partial charge < -0.3 is 9.64 Å². The topological polar surface area (TPSA) is 41.6 Å². The lowest BCUT2D eigenvalue weighted by atomic mass is 9.99. The molecule has 1 aliphatic carbocycles. The van der Waals surface area contributed by atoms with Crippen LogP contribution in [0.5, 0.6) is 0 Å². The van der Waals surface area contributed by atoms with Crippen molar-refractivity contribution >= 4 is 5.91 Å². The minimum Gasteiger partial charge on any atom is -0.378 e. The normalized spacial score (nSPS) is 39.1. The number of amides is 1. The van der Waals surface area contributed by atoms with Gasteiger partial charge in [0.05, 0.1) is 18.3 Å². The van der Waals surface area contributed by atoms with Crippen LogP contribution in [0, 0.1) is 11.8 Å². The minimum absolute atomic E-state index is 0.0400. The third kappa shape index (κ3) is 2.60. The molecule has 0 bridgehead atoms. The summed E-state index contributed by atoms with van der Waals surface area (Å²) in [7, 11) is 0. The summed E-state index contributed by atoms with van der Waals surface area (Å²) >= 11 is 0. The predicted molar refractivity (Wildman–Crippen MR) is 78.2 cm³/mol. The van der Waals surface area contributed by atoms with Crippen molar-refractivity contribution in [3.05, 3.63) is 0 Å². The number of nitrogens with zero attached hydrogens (tertiary/aromatic N) is 1. The predicted octanol–water partition coefficient (Wildman–Crippen LogP) is 2.14. The maximum absolute atomic E-state index is 12.6. The number of carbonyl (C=O) groups excluding carboxylic acids is 1. The Morgan fingerprint density at radius 3 is 2.65 bits per heavy atom. The van der Waals surface area contributed by atoms with Gasteiger partial charge >= 0.3 is 0 Å². The molecule has 4 nitrogen and oxygen atoms in total. The van der Waals surface area contributed by atoms with Crippen LogP contribution >= 0.6 is 0 Å². The lowest BCUT2D eigenvalue weighted by Crippen LogP contribution is -2.45. The van der Waals surface area contributed by atoms with E-state index in [1.165, 1.54) is 25.7 Å². The summed E-state index contributed by atoms with van der Waals surface area (Å²) in [6.07, 6.45) is 7.77. The molecule has 3 aliphatic rings. The van der Waals surface area contributed by atoms with Gasteiger partial charge in [-0.05, 0) is 38.5 Å². The fourth-order valence-corrected chi connectivity index (χ4v) is 4.13. The van der Waals surface area contributed by atoms with Gasteiger partial charge in [0.15, 0.2) is 0 Å². The molecule has 0 aromatic heterocycles. The van der Waals surface area contributed by atoms with Crippen LogP contribution in [-0.2, 0) is 9.53 Å². The molecule has 3 fully saturated rings. The van der Waals surface area contributed by atoms with Crippen LogP contribution in [-0.4, -0.2) is 42.3 Å². The molecule has 3 rings (SSSR count). The van der Waals surface area contributed by atoms with Crippen molar-refractivity contribution in [1.82, 2.24) is 10.2 Å². The van der Waals surface area contributed by atoms with E-state index in [9.17, 15) is 4.79 Å². The number of nitrogens with one attached hydrogen (secondary N) is 1. The van der Waals surface area contributed by atoms with Crippen LogP contribution in [0.2, 0.25) is 0 Å². The zero-order valence-corrected chi connectivity index (χ0v) is 12.8. The molecule has 1 saturated carbocycles. The van der Waals surface area contributed by atoms with E-state index in [-0.39, 0.29) is 12.2 Å². The van der Waals surface area contributed by atoms with E-state index in [0.717, 1.165) is 26.0 Å². The van der Waals surface area contributed by atoms with Gasteiger partial charge in [0.25, 0.3) is 0 Å². The highest BCUT2D eigenvalue weighted by molar-refractivity contribution is 5.84. The Balaban J connectivity index is 1.71. The first-order chi connectivity index (χ1) is 9.70. The molecule has 0 radical (unpaired) electrons. The molecule has 4 heteroatoms. The third-order valence-corrected chi connectivity index (χ3v) is 5.51. The Hall–Kier alpha value is -0.610. The average molecular weight is 280 g/mol. The van der Waals surface area contributed by atoms with Crippen molar-refractivity contribution in [1.29, 1.82) is 0 Å². The molecule has 1 amide bonds. The van der Waals surface area contributed by atoms with Gasteiger partial charge in [0.2, 0.25) is 5.91 Å². The lowest BCUT2D eigenvalue weighted by Gasteiger charge is -2.31. The number of ether oxygens (including phenoxy) is 1. The second kappa shape index (κ2) is 6.02. The molecule has 114 valence electrons. The Morgan fingerprint density at radius 2 is 2.05 bits per heavy atom. The highest BCUT2D eigenvalue weighted by Gasteiger charge is 2.43. The van der Waals surface area contributed by atoms with Crippen molar-refractivity contribution in [2.45, 2.75) is 70.7 Å². The number of rotatable bonds is 4. The van der Waals surface area contributed by atoms with E-state index < -0.39 is 0 Å². The summed E-state index contributed by atoms with van der Waals surface area (Å²) < 4.78 is 5.67. The van der Waals surface area contributed by atoms with Crippen molar-refractivity contribution in [2.24, 2.45) is 11.8 Å². The molecule has 4 unspecified atom stereocenters. The van der Waals surface area contributed by atoms with Crippen LogP contribution in [0.25, 0.3) is 0 Å². The van der Waals surface area contributed by atoms with Gasteiger partial charge in [0, 0.05) is 19.1 Å². The van der Waals surface area contributed by atoms with Crippen molar-refractivity contribution < 1.29 is 9.53 Å². The second-order valence-corrected chi connectivity index (χ2v) is 6.73. The highest BCUT2D eigenvalue weighted by atomic mass is 16.5. The zero-order valence-electron chi connectivity index (χ0n) is 12.8. The average Bonchev–Trinajstić information content (AvgIpc) is 3.14. The van der Waals surface area contributed by atoms with E-state index in [2.05, 4.69) is 24.1 Å². The summed E-state index contributed by atoms with van der Waals surface area (Å²) in [5.74, 6) is 1.50. The molecule has 2 aliphatic heterocycles. The molecule has 2 saturated heterocycles. The first-order valence-corrected chi connectivity index (χ1v) is 8.38. The molecule has 0 aromatic carbocycles. The zero-order chi connectivity index (χ0) is 14.1. The van der Waals surface area contributed by atoms with E-state index in [1.807, 2.05) is 0 Å². The monoisotopic (exact) mass is 280 g/mol. The fourth-order valence-electron chi connectivity index (χ4n) is 4.13. The summed E-state index contributed by atoms with van der Waals surface area (Å²) in [5, 5.41) is 3.61. The smallest absolute Gasteiger partial charge is 0.241 e. The SMILES string of the molecule is CCC1NC(C2CCCC2)N(CC2CCOC2C)C1=O. The van der Waals surface area contributed by atoms with Crippen molar-refractivity contribution in [3.8, 4) is 0 Å². The van der Waals surface area contributed by atoms with Crippen LogP contribution in [0.3, 0.4) is 0 Å². The summed E-state index contributed by atoms with van der Waals surface area (Å²) in [6.45, 7) is 5.98. The standard InChI is InChI=1S/C16H28N2O2/c1-3-14-16(19)18(10-13-8-9-20-11(13)2)15(17-14)12-6-4-5-7-12/h11-15,17H,3-10H2,1-2H3. The summed E-state index contributed by atoms with van der Waals surface area (Å²) in [4.78, 5) is 14.8. The molecule has 2 heterocycles. The maximum atomic E-state index is 12.6. The van der Waals surface area contributed by atoms with Crippen molar-refractivity contribution in [2.75, 3.05) is 13.2 Å². The number of carbonyl (C=O) groups is 1. The highest BCUT2D eigenvalue weighted by Crippen LogP contribution is 2.34. The molecule has 1 N–H and O–H groups in total. The molecular formula is C16H28N2O2. The van der Waals surface area contributed by atoms with Crippen LogP contribution in [0.1, 0.15) is 52.4 Å². The quantitative estimate of drug-likeness (QED) is 0.858. The van der Waals surface area contributed by atoms with Gasteiger partial charge in [-0.15, -0.1) is 0 Å².